The first-order valence-electron chi connectivity index (χ1n) is 11.0. The van der Waals surface area contributed by atoms with Gasteiger partial charge >= 0.3 is 6.18 Å². The SMILES string of the molecule is Cc1nc2nc([C@H]3CCO[C@@H](c4ccc(=O)[nH]c4)C3)nc(C34CC3(C(F)(F)F)C4)c2nc1C. The molecule has 4 heterocycles. The van der Waals surface area contributed by atoms with E-state index in [-0.39, 0.29) is 30.4 Å². The zero-order chi connectivity index (χ0) is 23.2. The fourth-order valence-corrected chi connectivity index (χ4v) is 5.29. The van der Waals surface area contributed by atoms with E-state index in [9.17, 15) is 18.0 Å². The minimum atomic E-state index is -4.26. The largest absolute Gasteiger partial charge is 0.395 e. The maximum absolute atomic E-state index is 13.7. The number of rotatable bonds is 3. The summed E-state index contributed by atoms with van der Waals surface area (Å²) in [6.07, 6.45) is -1.57. The summed E-state index contributed by atoms with van der Waals surface area (Å²) in [6, 6.07) is 3.17. The average molecular weight is 457 g/mol. The van der Waals surface area contributed by atoms with Crippen molar-refractivity contribution in [1.29, 1.82) is 0 Å². The quantitative estimate of drug-likeness (QED) is 0.640. The summed E-state index contributed by atoms with van der Waals surface area (Å²) in [6.45, 7) is 4.07. The lowest BCUT2D eigenvalue weighted by Crippen LogP contribution is -2.22. The normalized spacial score (nSPS) is 30.8. The molecule has 1 N–H and O–H groups in total. The summed E-state index contributed by atoms with van der Waals surface area (Å²) in [5, 5.41) is 0. The highest BCUT2D eigenvalue weighted by Crippen LogP contribution is 2.90. The number of hydrogen-bond acceptors (Lipinski definition) is 6. The molecule has 10 heteroatoms. The van der Waals surface area contributed by atoms with E-state index in [1.807, 2.05) is 6.92 Å². The average Bonchev–Trinajstić information content (AvgIpc) is 3.63. The third kappa shape index (κ3) is 2.96. The zero-order valence-electron chi connectivity index (χ0n) is 18.2. The molecule has 0 spiro atoms. The van der Waals surface area contributed by atoms with Gasteiger partial charge < -0.3 is 9.72 Å². The molecule has 0 bridgehead atoms. The van der Waals surface area contributed by atoms with Gasteiger partial charge in [0.1, 0.15) is 11.3 Å². The van der Waals surface area contributed by atoms with Crippen LogP contribution in [0.4, 0.5) is 13.2 Å². The number of pyridine rings is 1. The van der Waals surface area contributed by atoms with Gasteiger partial charge in [-0.3, -0.25) is 4.79 Å². The molecule has 33 heavy (non-hydrogen) atoms. The first-order valence-corrected chi connectivity index (χ1v) is 11.0. The molecule has 3 aromatic rings. The van der Waals surface area contributed by atoms with Crippen LogP contribution in [0.25, 0.3) is 11.2 Å². The van der Waals surface area contributed by atoms with Gasteiger partial charge in [-0.25, -0.2) is 19.9 Å². The van der Waals surface area contributed by atoms with E-state index in [2.05, 4.69) is 19.9 Å². The second-order valence-electron chi connectivity index (χ2n) is 9.58. The monoisotopic (exact) mass is 457 g/mol. The Morgan fingerprint density at radius 3 is 2.52 bits per heavy atom. The summed E-state index contributed by atoms with van der Waals surface area (Å²) >= 11 is 0. The highest BCUT2D eigenvalue weighted by Gasteiger charge is 2.94. The summed E-state index contributed by atoms with van der Waals surface area (Å²) < 4.78 is 47.1. The van der Waals surface area contributed by atoms with Crippen LogP contribution in [0.3, 0.4) is 0 Å². The zero-order valence-corrected chi connectivity index (χ0v) is 18.2. The van der Waals surface area contributed by atoms with E-state index in [0.717, 1.165) is 5.56 Å². The van der Waals surface area contributed by atoms with E-state index in [1.165, 1.54) is 6.07 Å². The van der Waals surface area contributed by atoms with Crippen molar-refractivity contribution >= 4 is 11.2 Å². The van der Waals surface area contributed by atoms with Crippen LogP contribution in [-0.2, 0) is 10.2 Å². The molecule has 2 atom stereocenters. The van der Waals surface area contributed by atoms with E-state index in [1.54, 1.807) is 19.2 Å². The molecule has 3 aliphatic rings. The molecule has 0 aromatic carbocycles. The number of aromatic amines is 1. The highest BCUT2D eigenvalue weighted by atomic mass is 19.4. The number of aryl methyl sites for hydroxylation is 2. The van der Waals surface area contributed by atoms with Crippen molar-refractivity contribution in [3.05, 3.63) is 57.2 Å². The van der Waals surface area contributed by atoms with Crippen LogP contribution in [0.2, 0.25) is 0 Å². The summed E-state index contributed by atoms with van der Waals surface area (Å²) in [5.74, 6) is 0.397. The van der Waals surface area contributed by atoms with Crippen LogP contribution >= 0.6 is 0 Å². The number of fused-ring (bicyclic) bond motifs is 2. The Bertz CT molecular complexity index is 1330. The minimum Gasteiger partial charge on any atom is -0.373 e. The van der Waals surface area contributed by atoms with Crippen LogP contribution in [0, 0.1) is 19.3 Å². The van der Waals surface area contributed by atoms with Gasteiger partial charge in [0, 0.05) is 30.2 Å². The van der Waals surface area contributed by atoms with E-state index in [0.29, 0.717) is 53.5 Å². The molecule has 3 aromatic heterocycles. The van der Waals surface area contributed by atoms with Crippen LogP contribution in [0.1, 0.15) is 66.2 Å². The number of halogens is 3. The van der Waals surface area contributed by atoms with Gasteiger partial charge in [-0.1, -0.05) is 0 Å². The number of H-pyrrole nitrogens is 1. The Hall–Kier alpha value is -2.88. The lowest BCUT2D eigenvalue weighted by molar-refractivity contribution is -0.167. The summed E-state index contributed by atoms with van der Waals surface area (Å²) in [4.78, 5) is 32.6. The molecule has 1 saturated heterocycles. The lowest BCUT2D eigenvalue weighted by Gasteiger charge is -2.29. The van der Waals surface area contributed by atoms with Gasteiger partial charge in [0.2, 0.25) is 5.56 Å². The molecule has 2 saturated carbocycles. The van der Waals surface area contributed by atoms with Crippen molar-refractivity contribution in [2.45, 2.75) is 63.1 Å². The van der Waals surface area contributed by atoms with Crippen molar-refractivity contribution in [2.24, 2.45) is 5.41 Å². The van der Waals surface area contributed by atoms with Crippen molar-refractivity contribution in [2.75, 3.05) is 6.61 Å². The molecule has 0 unspecified atom stereocenters. The topological polar surface area (TPSA) is 93.7 Å². The Labute approximate surface area is 186 Å². The van der Waals surface area contributed by atoms with Gasteiger partial charge in [-0.15, -0.1) is 0 Å². The van der Waals surface area contributed by atoms with Crippen LogP contribution in [0.15, 0.2) is 23.1 Å². The molecule has 0 radical (unpaired) electrons. The number of alkyl halides is 3. The fourth-order valence-electron chi connectivity index (χ4n) is 5.29. The van der Waals surface area contributed by atoms with Crippen molar-refractivity contribution in [3.63, 3.8) is 0 Å². The van der Waals surface area contributed by atoms with Gasteiger partial charge in [-0.2, -0.15) is 13.2 Å². The third-order valence-electron chi connectivity index (χ3n) is 7.66. The molecule has 6 rings (SSSR count). The van der Waals surface area contributed by atoms with Gasteiger partial charge in [0.25, 0.3) is 0 Å². The summed E-state index contributed by atoms with van der Waals surface area (Å²) in [5.41, 5.74) is 0.465. The van der Waals surface area contributed by atoms with Gasteiger partial charge in [0.05, 0.1) is 28.6 Å². The predicted octanol–water partition coefficient (Wildman–Crippen LogP) is 3.95. The number of aromatic nitrogens is 5. The third-order valence-corrected chi connectivity index (χ3v) is 7.66. The van der Waals surface area contributed by atoms with Crippen molar-refractivity contribution < 1.29 is 17.9 Å². The van der Waals surface area contributed by atoms with Gasteiger partial charge in [-0.05, 0) is 51.2 Å². The predicted molar refractivity (Wildman–Crippen MR) is 112 cm³/mol. The maximum Gasteiger partial charge on any atom is 0.395 e. The van der Waals surface area contributed by atoms with Crippen LogP contribution in [-0.4, -0.2) is 37.7 Å². The Morgan fingerprint density at radius 2 is 1.85 bits per heavy atom. The molecule has 0 amide bonds. The number of nitrogens with zero attached hydrogens (tertiary/aromatic N) is 4. The molecular formula is C23H22F3N5O2. The Morgan fingerprint density at radius 1 is 1.09 bits per heavy atom. The standard InChI is InChI=1S/C23H22F3N5O2/c1-11-12(2)29-20-17(28-11)18(21-9-22(21,10-21)23(24,25)26)30-19(31-20)13-5-6-33-15(7-13)14-3-4-16(32)27-8-14/h3-4,8,13,15H,5-7,9-10H2,1-2H3,(H,27,32)/t13-,15+,21?,22?/m0/s1. The fraction of sp³-hybridized carbons (Fsp3) is 0.522. The Balaban J connectivity index is 1.42. The number of ether oxygens (including phenoxy) is 1. The van der Waals surface area contributed by atoms with E-state index < -0.39 is 17.0 Å². The first-order chi connectivity index (χ1) is 15.6. The second-order valence-corrected chi connectivity index (χ2v) is 9.58. The van der Waals surface area contributed by atoms with Crippen molar-refractivity contribution in [3.8, 4) is 0 Å². The first kappa shape index (κ1) is 20.7. The lowest BCUT2D eigenvalue weighted by atomic mass is 9.91. The van der Waals surface area contributed by atoms with Crippen LogP contribution in [0.5, 0.6) is 0 Å². The molecule has 2 aliphatic carbocycles. The van der Waals surface area contributed by atoms with E-state index in [4.69, 9.17) is 9.72 Å². The summed E-state index contributed by atoms with van der Waals surface area (Å²) in [7, 11) is 0. The maximum atomic E-state index is 13.7. The molecule has 1 aliphatic heterocycles. The molecular weight excluding hydrogens is 435 g/mol. The van der Waals surface area contributed by atoms with Crippen LogP contribution < -0.4 is 5.56 Å². The number of hydrogen-bond donors (Lipinski definition) is 1. The minimum absolute atomic E-state index is 0.0530. The number of nitrogens with one attached hydrogen (secondary N) is 1. The Kier molecular flexibility index (Phi) is 4.13. The molecule has 172 valence electrons. The smallest absolute Gasteiger partial charge is 0.373 e. The highest BCUT2D eigenvalue weighted by molar-refractivity contribution is 5.77. The van der Waals surface area contributed by atoms with Crippen molar-refractivity contribution in [1.82, 2.24) is 24.9 Å². The second kappa shape index (κ2) is 6.59. The van der Waals surface area contributed by atoms with E-state index >= 15 is 0 Å². The molecule has 3 fully saturated rings. The molecule has 7 nitrogen and oxygen atoms in total. The van der Waals surface area contributed by atoms with Gasteiger partial charge in [0.15, 0.2) is 5.65 Å².